The fourth-order valence-corrected chi connectivity index (χ4v) is 3.19. The van der Waals surface area contributed by atoms with Crippen LogP contribution < -0.4 is 5.32 Å². The average Bonchev–Trinajstić information content (AvgIpc) is 2.90. The van der Waals surface area contributed by atoms with Crippen LogP contribution in [0.2, 0.25) is 0 Å². The number of aliphatic hydroxyl groups is 1. The van der Waals surface area contributed by atoms with Gasteiger partial charge in [0, 0.05) is 12.6 Å². The van der Waals surface area contributed by atoms with E-state index in [0.717, 1.165) is 19.4 Å². The number of unbranched alkanes of at least 4 members (excludes halogenated alkanes) is 5. The van der Waals surface area contributed by atoms with E-state index in [9.17, 15) is 5.11 Å². The van der Waals surface area contributed by atoms with Gasteiger partial charge in [0.25, 0.3) is 0 Å². The molecule has 0 aromatic heterocycles. The Bertz CT molecular complexity index is 387. The Hall–Kier alpha value is -0.860. The number of aliphatic hydroxyl groups excluding tert-OH is 1. The molecule has 0 radical (unpaired) electrons. The molecule has 0 unspecified atom stereocenters. The highest BCUT2D eigenvalue weighted by Crippen LogP contribution is 2.15. The molecule has 1 heterocycles. The Balaban J connectivity index is 1.64. The maximum Gasteiger partial charge on any atom is 0.0679 e. The Labute approximate surface area is 130 Å². The highest BCUT2D eigenvalue weighted by Gasteiger charge is 2.21. The largest absolute Gasteiger partial charge is 0.392 e. The van der Waals surface area contributed by atoms with Gasteiger partial charge in [-0.05, 0) is 36.8 Å². The molecule has 0 amide bonds. The monoisotopic (exact) mass is 289 g/mol. The average molecular weight is 289 g/mol. The van der Waals surface area contributed by atoms with Gasteiger partial charge in [-0.2, -0.15) is 0 Å². The molecule has 1 aliphatic heterocycles. The van der Waals surface area contributed by atoms with E-state index >= 15 is 0 Å². The molecule has 0 bridgehead atoms. The van der Waals surface area contributed by atoms with Crippen LogP contribution in [0.3, 0.4) is 0 Å². The lowest BCUT2D eigenvalue weighted by Crippen LogP contribution is -2.23. The van der Waals surface area contributed by atoms with E-state index in [4.69, 9.17) is 0 Å². The molecule has 2 rings (SSSR count). The van der Waals surface area contributed by atoms with Crippen LogP contribution in [0.5, 0.6) is 0 Å². The summed E-state index contributed by atoms with van der Waals surface area (Å²) in [5.74, 6) is 0. The maximum absolute atomic E-state index is 9.53. The Morgan fingerprint density at radius 1 is 1.00 bits per heavy atom. The number of hydrogen-bond acceptors (Lipinski definition) is 2. The normalized spacial score (nSPS) is 21.8. The Morgan fingerprint density at radius 3 is 2.33 bits per heavy atom. The molecular weight excluding hydrogens is 258 g/mol. The first-order chi connectivity index (χ1) is 10.3. The van der Waals surface area contributed by atoms with E-state index in [-0.39, 0.29) is 6.10 Å². The minimum Gasteiger partial charge on any atom is -0.392 e. The van der Waals surface area contributed by atoms with Gasteiger partial charge < -0.3 is 10.4 Å². The summed E-state index contributed by atoms with van der Waals surface area (Å²) in [7, 11) is 0. The number of β-amino-alcohol motifs (C(OH)–C–C–N with tert-alkyl or cyclic N) is 1. The Kier molecular flexibility index (Phi) is 7.25. The molecule has 2 nitrogen and oxygen atoms in total. The fraction of sp³-hybridized carbons (Fsp3) is 0.684. The molecule has 2 N–H and O–H groups in total. The molecule has 0 aliphatic carbocycles. The van der Waals surface area contributed by atoms with Crippen molar-refractivity contribution in [1.82, 2.24) is 5.32 Å². The van der Waals surface area contributed by atoms with Gasteiger partial charge in [0.2, 0.25) is 0 Å². The summed E-state index contributed by atoms with van der Waals surface area (Å²) in [6.45, 7) is 3.02. The van der Waals surface area contributed by atoms with Gasteiger partial charge in [0.1, 0.15) is 0 Å². The second-order valence-corrected chi connectivity index (χ2v) is 6.53. The molecule has 2 atom stereocenters. The highest BCUT2D eigenvalue weighted by atomic mass is 16.3. The maximum atomic E-state index is 9.53. The van der Waals surface area contributed by atoms with Gasteiger partial charge >= 0.3 is 0 Å². The number of rotatable bonds is 9. The number of nitrogens with one attached hydrogen (secondary N) is 1. The van der Waals surface area contributed by atoms with Crippen LogP contribution in [-0.4, -0.2) is 23.8 Å². The van der Waals surface area contributed by atoms with Crippen LogP contribution in [0.4, 0.5) is 0 Å². The van der Waals surface area contributed by atoms with Crippen molar-refractivity contribution < 1.29 is 5.11 Å². The van der Waals surface area contributed by atoms with E-state index in [0.29, 0.717) is 6.04 Å². The summed E-state index contributed by atoms with van der Waals surface area (Å²) < 4.78 is 0. The smallest absolute Gasteiger partial charge is 0.0679 e. The van der Waals surface area contributed by atoms with Gasteiger partial charge in [-0.15, -0.1) is 0 Å². The highest BCUT2D eigenvalue weighted by molar-refractivity contribution is 5.23. The van der Waals surface area contributed by atoms with E-state index in [1.54, 1.807) is 0 Å². The van der Waals surface area contributed by atoms with E-state index in [2.05, 4.69) is 36.5 Å². The zero-order valence-corrected chi connectivity index (χ0v) is 13.5. The molecular formula is C19H31NO. The van der Waals surface area contributed by atoms with Crippen LogP contribution in [0, 0.1) is 0 Å². The predicted octanol–water partition coefficient (Wildman–Crippen LogP) is 3.85. The van der Waals surface area contributed by atoms with Crippen LogP contribution in [0.25, 0.3) is 0 Å². The minimum atomic E-state index is -0.151. The van der Waals surface area contributed by atoms with Crippen LogP contribution >= 0.6 is 0 Å². The number of hydrogen-bond donors (Lipinski definition) is 2. The molecule has 0 spiro atoms. The molecule has 118 valence electrons. The second kappa shape index (κ2) is 9.22. The quantitative estimate of drug-likeness (QED) is 0.677. The van der Waals surface area contributed by atoms with Gasteiger partial charge in [0.15, 0.2) is 0 Å². The standard InChI is InChI=1S/C19H31NO/c1-2-3-4-5-6-7-8-16-9-11-17(12-10-16)13-18-14-19(21)15-20-18/h9-12,18-21H,2-8,13-15H2,1H3/t18-,19-/m1/s1. The summed E-state index contributed by atoms with van der Waals surface area (Å²) in [5, 5.41) is 12.9. The first kappa shape index (κ1) is 16.5. The lowest BCUT2D eigenvalue weighted by atomic mass is 10.0. The molecule has 1 saturated heterocycles. The molecule has 0 saturated carbocycles. The molecule has 1 aromatic carbocycles. The van der Waals surface area contributed by atoms with Crippen LogP contribution in [0.1, 0.15) is 63.0 Å². The predicted molar refractivity (Wildman–Crippen MR) is 89.6 cm³/mol. The third-order valence-electron chi connectivity index (χ3n) is 4.52. The van der Waals surface area contributed by atoms with Gasteiger partial charge in [-0.1, -0.05) is 63.3 Å². The first-order valence-corrected chi connectivity index (χ1v) is 8.77. The van der Waals surface area contributed by atoms with Gasteiger partial charge in [-0.3, -0.25) is 0 Å². The van der Waals surface area contributed by atoms with Crippen molar-refractivity contribution in [1.29, 1.82) is 0 Å². The number of benzene rings is 1. The Morgan fingerprint density at radius 2 is 1.67 bits per heavy atom. The molecule has 21 heavy (non-hydrogen) atoms. The van der Waals surface area contributed by atoms with Crippen molar-refractivity contribution in [3.63, 3.8) is 0 Å². The molecule has 2 heteroatoms. The van der Waals surface area contributed by atoms with E-state index in [1.165, 1.54) is 56.1 Å². The van der Waals surface area contributed by atoms with Crippen molar-refractivity contribution in [2.45, 2.75) is 76.9 Å². The van der Waals surface area contributed by atoms with Crippen molar-refractivity contribution in [2.75, 3.05) is 6.54 Å². The summed E-state index contributed by atoms with van der Waals surface area (Å²) in [5.41, 5.74) is 2.85. The summed E-state index contributed by atoms with van der Waals surface area (Å²) in [6, 6.07) is 9.54. The van der Waals surface area contributed by atoms with E-state index in [1.807, 2.05) is 0 Å². The summed E-state index contributed by atoms with van der Waals surface area (Å²) in [4.78, 5) is 0. The zero-order chi connectivity index (χ0) is 14.9. The number of aryl methyl sites for hydroxylation is 1. The van der Waals surface area contributed by atoms with Crippen LogP contribution in [0.15, 0.2) is 24.3 Å². The van der Waals surface area contributed by atoms with Crippen LogP contribution in [-0.2, 0) is 12.8 Å². The third-order valence-corrected chi connectivity index (χ3v) is 4.52. The van der Waals surface area contributed by atoms with Crippen molar-refractivity contribution in [3.05, 3.63) is 35.4 Å². The van der Waals surface area contributed by atoms with Crippen molar-refractivity contribution in [2.24, 2.45) is 0 Å². The van der Waals surface area contributed by atoms with Crippen molar-refractivity contribution >= 4 is 0 Å². The van der Waals surface area contributed by atoms with Crippen molar-refractivity contribution in [3.8, 4) is 0 Å². The second-order valence-electron chi connectivity index (χ2n) is 6.53. The SMILES string of the molecule is CCCCCCCCc1ccc(C[C@@H]2C[C@@H](O)CN2)cc1. The molecule has 1 aliphatic rings. The lowest BCUT2D eigenvalue weighted by Gasteiger charge is -2.10. The fourth-order valence-electron chi connectivity index (χ4n) is 3.19. The minimum absolute atomic E-state index is 0.151. The zero-order valence-electron chi connectivity index (χ0n) is 13.5. The molecule has 1 aromatic rings. The lowest BCUT2D eigenvalue weighted by molar-refractivity contribution is 0.193. The first-order valence-electron chi connectivity index (χ1n) is 8.77. The molecule has 1 fully saturated rings. The van der Waals surface area contributed by atoms with Gasteiger partial charge in [-0.25, -0.2) is 0 Å². The summed E-state index contributed by atoms with van der Waals surface area (Å²) >= 11 is 0. The topological polar surface area (TPSA) is 32.3 Å². The summed E-state index contributed by atoms with van der Waals surface area (Å²) in [6.07, 6.45) is 11.2. The third kappa shape index (κ3) is 6.19. The van der Waals surface area contributed by atoms with Gasteiger partial charge in [0.05, 0.1) is 6.10 Å². The van der Waals surface area contributed by atoms with E-state index < -0.39 is 0 Å².